The quantitative estimate of drug-likeness (QED) is 0.546. The molecule has 0 unspecified atom stereocenters. The van der Waals surface area contributed by atoms with E-state index in [-0.39, 0.29) is 16.1 Å². The Morgan fingerprint density at radius 1 is 1.16 bits per heavy atom. The van der Waals surface area contributed by atoms with E-state index >= 15 is 0 Å². The minimum Gasteiger partial charge on any atom is -0.401 e. The summed E-state index contributed by atoms with van der Waals surface area (Å²) in [5, 5.41) is 10.5. The summed E-state index contributed by atoms with van der Waals surface area (Å²) >= 11 is 5.77. The van der Waals surface area contributed by atoms with Gasteiger partial charge in [-0.05, 0) is 44.2 Å². The van der Waals surface area contributed by atoms with Crippen LogP contribution in [0.15, 0.2) is 40.9 Å². The predicted molar refractivity (Wildman–Crippen MR) is 100 cm³/mol. The Labute approximate surface area is 153 Å². The molecule has 25 heavy (non-hydrogen) atoms. The maximum Gasteiger partial charge on any atom is 0.246 e. The van der Waals surface area contributed by atoms with Gasteiger partial charge in [0.1, 0.15) is 10.6 Å². The number of nitrogens with one attached hydrogen (secondary N) is 2. The third-order valence-corrected chi connectivity index (χ3v) is 6.43. The molecule has 6 nitrogen and oxygen atoms in total. The molecule has 0 aliphatic carbocycles. The molecule has 4 N–H and O–H groups in total. The van der Waals surface area contributed by atoms with Gasteiger partial charge in [0.25, 0.3) is 0 Å². The van der Waals surface area contributed by atoms with Gasteiger partial charge in [0.05, 0.1) is 4.90 Å². The second kappa shape index (κ2) is 7.17. The van der Waals surface area contributed by atoms with Crippen molar-refractivity contribution in [1.29, 1.82) is 5.41 Å². The normalized spacial score (nSPS) is 13.4. The van der Waals surface area contributed by atoms with E-state index in [4.69, 9.17) is 22.7 Å². The minimum atomic E-state index is -3.98. The van der Waals surface area contributed by atoms with Crippen LogP contribution in [0.3, 0.4) is 0 Å². The smallest absolute Gasteiger partial charge is 0.246 e. The summed E-state index contributed by atoms with van der Waals surface area (Å²) in [4.78, 5) is 12.4. The van der Waals surface area contributed by atoms with Crippen molar-refractivity contribution in [1.82, 2.24) is 5.32 Å². The van der Waals surface area contributed by atoms with Crippen LogP contribution in [0, 0.1) is 10.8 Å². The number of amidine groups is 1. The highest BCUT2D eigenvalue weighted by atomic mass is 35.5. The SMILES string of the molecule is CC(C)(C)C(N)=CC(=N)NC(=O)C(C)(C)S(=O)(=O)c1ccc(Cl)cc1. The molecule has 1 aromatic carbocycles. The van der Waals surface area contributed by atoms with E-state index in [2.05, 4.69) is 5.32 Å². The first-order valence-electron chi connectivity index (χ1n) is 7.57. The Morgan fingerprint density at radius 2 is 1.64 bits per heavy atom. The second-order valence-corrected chi connectivity index (χ2v) is 10.1. The maximum atomic E-state index is 12.8. The van der Waals surface area contributed by atoms with Crippen molar-refractivity contribution in [2.24, 2.45) is 11.1 Å². The highest BCUT2D eigenvalue weighted by molar-refractivity contribution is 7.93. The molecule has 0 aromatic heterocycles. The first-order chi connectivity index (χ1) is 11.2. The van der Waals surface area contributed by atoms with Crippen LogP contribution in [0.2, 0.25) is 5.02 Å². The number of nitrogens with two attached hydrogens (primary N) is 1. The van der Waals surface area contributed by atoms with Crippen molar-refractivity contribution >= 4 is 33.2 Å². The third-order valence-electron chi connectivity index (χ3n) is 3.76. The summed E-state index contributed by atoms with van der Waals surface area (Å²) in [7, 11) is -3.98. The zero-order valence-electron chi connectivity index (χ0n) is 15.0. The Kier molecular flexibility index (Phi) is 6.08. The Balaban J connectivity index is 3.07. The molecule has 0 radical (unpaired) electrons. The fourth-order valence-corrected chi connectivity index (χ4v) is 3.22. The topological polar surface area (TPSA) is 113 Å². The number of rotatable bonds is 4. The first-order valence-corrected chi connectivity index (χ1v) is 9.43. The number of carbonyl (C=O) groups excluding carboxylic acids is 1. The Hall–Kier alpha value is -1.86. The number of benzene rings is 1. The van der Waals surface area contributed by atoms with E-state index in [9.17, 15) is 13.2 Å². The van der Waals surface area contributed by atoms with Gasteiger partial charge in [-0.3, -0.25) is 10.2 Å². The lowest BCUT2D eigenvalue weighted by Gasteiger charge is -2.24. The Bertz CT molecular complexity index is 805. The van der Waals surface area contributed by atoms with E-state index in [1.807, 2.05) is 20.8 Å². The molecule has 0 aliphatic rings. The molecular formula is C17H24ClN3O3S. The van der Waals surface area contributed by atoms with Gasteiger partial charge in [0.15, 0.2) is 9.84 Å². The molecule has 0 saturated carbocycles. The average molecular weight is 386 g/mol. The van der Waals surface area contributed by atoms with E-state index in [0.29, 0.717) is 10.7 Å². The van der Waals surface area contributed by atoms with Crippen molar-refractivity contribution in [2.75, 3.05) is 0 Å². The fourth-order valence-electron chi connectivity index (χ4n) is 1.71. The van der Waals surface area contributed by atoms with Crippen LogP contribution in [-0.2, 0) is 14.6 Å². The molecular weight excluding hydrogens is 362 g/mol. The lowest BCUT2D eigenvalue weighted by atomic mass is 9.92. The number of amides is 1. The van der Waals surface area contributed by atoms with E-state index in [0.717, 1.165) is 0 Å². The predicted octanol–water partition coefficient (Wildman–Crippen LogP) is 2.87. The maximum absolute atomic E-state index is 12.8. The highest BCUT2D eigenvalue weighted by Gasteiger charge is 2.43. The molecule has 0 bridgehead atoms. The van der Waals surface area contributed by atoms with Gasteiger partial charge >= 0.3 is 0 Å². The number of carbonyl (C=O) groups is 1. The average Bonchev–Trinajstić information content (AvgIpc) is 2.46. The van der Waals surface area contributed by atoms with Crippen LogP contribution in [0.1, 0.15) is 34.6 Å². The van der Waals surface area contributed by atoms with Crippen LogP contribution in [0.4, 0.5) is 0 Å². The molecule has 1 amide bonds. The van der Waals surface area contributed by atoms with Crippen molar-refractivity contribution < 1.29 is 13.2 Å². The first kappa shape index (κ1) is 21.2. The van der Waals surface area contributed by atoms with Gasteiger partial charge in [0.2, 0.25) is 5.91 Å². The number of hydrogen-bond donors (Lipinski definition) is 3. The fraction of sp³-hybridized carbons (Fsp3) is 0.412. The van der Waals surface area contributed by atoms with E-state index in [1.54, 1.807) is 0 Å². The van der Waals surface area contributed by atoms with E-state index in [1.165, 1.54) is 44.2 Å². The summed E-state index contributed by atoms with van der Waals surface area (Å²) in [6.45, 7) is 8.17. The van der Waals surface area contributed by atoms with Crippen LogP contribution >= 0.6 is 11.6 Å². The third kappa shape index (κ3) is 4.83. The molecule has 1 rings (SSSR count). The van der Waals surface area contributed by atoms with E-state index < -0.39 is 20.5 Å². The van der Waals surface area contributed by atoms with Crippen molar-refractivity contribution in [3.8, 4) is 0 Å². The molecule has 0 saturated heterocycles. The zero-order valence-corrected chi connectivity index (χ0v) is 16.5. The monoisotopic (exact) mass is 385 g/mol. The number of hydrogen-bond acceptors (Lipinski definition) is 5. The van der Waals surface area contributed by atoms with Gasteiger partial charge in [0, 0.05) is 16.1 Å². The zero-order chi connectivity index (χ0) is 19.6. The lowest BCUT2D eigenvalue weighted by Crippen LogP contribution is -2.49. The second-order valence-electron chi connectivity index (χ2n) is 7.19. The van der Waals surface area contributed by atoms with Crippen LogP contribution < -0.4 is 11.1 Å². The molecule has 8 heteroatoms. The molecule has 0 spiro atoms. The minimum absolute atomic E-state index is 0.0201. The number of allylic oxidation sites excluding steroid dienone is 1. The summed E-state index contributed by atoms with van der Waals surface area (Å²) in [5.74, 6) is -1.08. The standard InChI is InChI=1S/C17H24ClN3O3S/c1-16(2,3)13(19)10-14(20)21-15(22)17(4,5)25(23,24)12-8-6-11(18)7-9-12/h6-10H,19H2,1-5H3,(H2,20,21,22). The number of halogens is 1. The van der Waals surface area contributed by atoms with Crippen LogP contribution in [0.25, 0.3) is 0 Å². The molecule has 0 heterocycles. The molecule has 138 valence electrons. The molecule has 0 aliphatic heterocycles. The van der Waals surface area contributed by atoms with Crippen molar-refractivity contribution in [2.45, 2.75) is 44.3 Å². The summed E-state index contributed by atoms with van der Waals surface area (Å²) in [6, 6.07) is 5.57. The lowest BCUT2D eigenvalue weighted by molar-refractivity contribution is -0.121. The van der Waals surface area contributed by atoms with Gasteiger partial charge in [-0.15, -0.1) is 0 Å². The number of sulfone groups is 1. The summed E-state index contributed by atoms with van der Waals surface area (Å²) in [6.07, 6.45) is 1.31. The summed E-state index contributed by atoms with van der Waals surface area (Å²) < 4.78 is 23.7. The molecule has 0 atom stereocenters. The summed E-state index contributed by atoms with van der Waals surface area (Å²) in [5.41, 5.74) is 5.89. The van der Waals surface area contributed by atoms with Gasteiger partial charge < -0.3 is 11.1 Å². The van der Waals surface area contributed by atoms with Crippen molar-refractivity contribution in [3.05, 3.63) is 41.1 Å². The molecule has 0 fully saturated rings. The Morgan fingerprint density at radius 3 is 2.08 bits per heavy atom. The van der Waals surface area contributed by atoms with Crippen molar-refractivity contribution in [3.63, 3.8) is 0 Å². The largest absolute Gasteiger partial charge is 0.401 e. The van der Waals surface area contributed by atoms with Crippen LogP contribution in [0.5, 0.6) is 0 Å². The highest BCUT2D eigenvalue weighted by Crippen LogP contribution is 2.27. The molecule has 1 aromatic rings. The van der Waals surface area contributed by atoms with Crippen LogP contribution in [-0.4, -0.2) is 24.9 Å². The van der Waals surface area contributed by atoms with Gasteiger partial charge in [-0.25, -0.2) is 8.42 Å². The van der Waals surface area contributed by atoms with Gasteiger partial charge in [-0.2, -0.15) is 0 Å². The van der Waals surface area contributed by atoms with Gasteiger partial charge in [-0.1, -0.05) is 32.4 Å².